The zero-order valence-electron chi connectivity index (χ0n) is 13.6. The molecule has 0 amide bonds. The number of hydrogen-bond donors (Lipinski definition) is 1. The quantitative estimate of drug-likeness (QED) is 0.845. The van der Waals surface area contributed by atoms with E-state index in [1.807, 2.05) is 0 Å². The molecule has 2 nitrogen and oxygen atoms in total. The molecule has 1 fully saturated rings. The van der Waals surface area contributed by atoms with Crippen molar-refractivity contribution in [1.29, 1.82) is 0 Å². The molecule has 1 aliphatic rings. The van der Waals surface area contributed by atoms with Gasteiger partial charge in [-0.2, -0.15) is 0 Å². The Balaban J connectivity index is 2.06. The molecule has 0 saturated heterocycles. The molecule has 0 radical (unpaired) electrons. The van der Waals surface area contributed by atoms with E-state index in [2.05, 4.69) is 45.1 Å². The lowest BCUT2D eigenvalue weighted by Gasteiger charge is -2.38. The summed E-state index contributed by atoms with van der Waals surface area (Å²) >= 11 is 0. The summed E-state index contributed by atoms with van der Waals surface area (Å²) in [4.78, 5) is 0. The molecule has 2 rings (SSSR count). The van der Waals surface area contributed by atoms with Gasteiger partial charge in [0.05, 0.1) is 7.11 Å². The molecule has 2 unspecified atom stereocenters. The molecule has 1 N–H and O–H groups in total. The number of benzene rings is 1. The molecule has 0 aliphatic heterocycles. The van der Waals surface area contributed by atoms with Crippen LogP contribution in [0.4, 0.5) is 0 Å². The molecule has 0 heterocycles. The van der Waals surface area contributed by atoms with Crippen molar-refractivity contribution >= 4 is 0 Å². The predicted molar refractivity (Wildman–Crippen MR) is 85.6 cm³/mol. The molecule has 1 aromatic rings. The van der Waals surface area contributed by atoms with Gasteiger partial charge in [0.25, 0.3) is 0 Å². The molecule has 1 aliphatic carbocycles. The number of hydrogen-bond acceptors (Lipinski definition) is 2. The monoisotopic (exact) mass is 275 g/mol. The normalized spacial score (nSPS) is 21.9. The fraction of sp³-hybridized carbons (Fsp3) is 0.667. The first-order valence-corrected chi connectivity index (χ1v) is 7.89. The summed E-state index contributed by atoms with van der Waals surface area (Å²) in [5.74, 6) is 3.28. The first-order valence-electron chi connectivity index (χ1n) is 7.89. The van der Waals surface area contributed by atoms with Crippen LogP contribution in [-0.4, -0.2) is 20.2 Å². The standard InChI is InChI=1S/C18H29NO/c1-12(2)10-19-11-15-7-9-16(15)17-8-6-13(3)14(4)18(17)20-5/h6,8,12,15-16,19H,7,9-11H2,1-5H3. The minimum atomic E-state index is 0.670. The molecule has 0 spiro atoms. The van der Waals surface area contributed by atoms with Gasteiger partial charge in [0, 0.05) is 0 Å². The number of aryl methyl sites for hydroxylation is 1. The van der Waals surface area contributed by atoms with Crippen LogP contribution in [0.5, 0.6) is 5.75 Å². The summed E-state index contributed by atoms with van der Waals surface area (Å²) in [6, 6.07) is 4.52. The second-order valence-corrected chi connectivity index (χ2v) is 6.63. The fourth-order valence-corrected chi connectivity index (χ4v) is 3.15. The lowest BCUT2D eigenvalue weighted by Crippen LogP contribution is -2.35. The average Bonchev–Trinajstić information content (AvgIpc) is 2.38. The SMILES string of the molecule is COc1c(C2CCC2CNCC(C)C)ccc(C)c1C. The number of rotatable bonds is 6. The summed E-state index contributed by atoms with van der Waals surface area (Å²) < 4.78 is 5.68. The first-order chi connectivity index (χ1) is 9.54. The van der Waals surface area contributed by atoms with Crippen LogP contribution in [0.1, 0.15) is 49.3 Å². The highest BCUT2D eigenvalue weighted by Gasteiger charge is 2.34. The second kappa shape index (κ2) is 6.62. The Morgan fingerprint density at radius 2 is 2.00 bits per heavy atom. The number of ether oxygens (including phenoxy) is 1. The fourth-order valence-electron chi connectivity index (χ4n) is 3.15. The van der Waals surface area contributed by atoms with Gasteiger partial charge in [-0.15, -0.1) is 0 Å². The minimum absolute atomic E-state index is 0.670. The predicted octanol–water partition coefficient (Wildman–Crippen LogP) is 4.05. The maximum atomic E-state index is 5.68. The summed E-state index contributed by atoms with van der Waals surface area (Å²) in [5, 5.41) is 3.61. The summed E-state index contributed by atoms with van der Waals surface area (Å²) in [6.07, 6.45) is 2.64. The van der Waals surface area contributed by atoms with Gasteiger partial charge in [-0.05, 0) is 74.2 Å². The van der Waals surface area contributed by atoms with Crippen molar-refractivity contribution < 1.29 is 4.74 Å². The van der Waals surface area contributed by atoms with Crippen LogP contribution in [0.25, 0.3) is 0 Å². The van der Waals surface area contributed by atoms with Crippen molar-refractivity contribution in [1.82, 2.24) is 5.32 Å². The smallest absolute Gasteiger partial charge is 0.125 e. The van der Waals surface area contributed by atoms with Crippen molar-refractivity contribution in [3.63, 3.8) is 0 Å². The van der Waals surface area contributed by atoms with Gasteiger partial charge in [-0.1, -0.05) is 26.0 Å². The Hall–Kier alpha value is -1.02. The Morgan fingerprint density at radius 3 is 2.55 bits per heavy atom. The molecular weight excluding hydrogens is 246 g/mol. The largest absolute Gasteiger partial charge is 0.496 e. The third-order valence-electron chi connectivity index (χ3n) is 4.69. The molecule has 2 atom stereocenters. The van der Waals surface area contributed by atoms with Gasteiger partial charge >= 0.3 is 0 Å². The lowest BCUT2D eigenvalue weighted by molar-refractivity contribution is 0.237. The van der Waals surface area contributed by atoms with E-state index in [4.69, 9.17) is 4.74 Å². The van der Waals surface area contributed by atoms with Crippen LogP contribution < -0.4 is 10.1 Å². The summed E-state index contributed by atoms with van der Waals surface area (Å²) in [5.41, 5.74) is 4.03. The second-order valence-electron chi connectivity index (χ2n) is 6.63. The molecule has 2 heteroatoms. The van der Waals surface area contributed by atoms with Gasteiger partial charge in [0.15, 0.2) is 0 Å². The topological polar surface area (TPSA) is 21.3 Å². The van der Waals surface area contributed by atoms with Crippen LogP contribution in [0, 0.1) is 25.7 Å². The zero-order valence-corrected chi connectivity index (χ0v) is 13.6. The van der Waals surface area contributed by atoms with Crippen LogP contribution in [-0.2, 0) is 0 Å². The van der Waals surface area contributed by atoms with E-state index in [0.717, 1.165) is 30.7 Å². The lowest BCUT2D eigenvalue weighted by atomic mass is 9.69. The Morgan fingerprint density at radius 1 is 1.25 bits per heavy atom. The number of methoxy groups -OCH3 is 1. The minimum Gasteiger partial charge on any atom is -0.496 e. The molecule has 1 saturated carbocycles. The maximum absolute atomic E-state index is 5.68. The van der Waals surface area contributed by atoms with E-state index >= 15 is 0 Å². The van der Waals surface area contributed by atoms with Gasteiger partial charge in [0.1, 0.15) is 5.75 Å². The van der Waals surface area contributed by atoms with E-state index in [-0.39, 0.29) is 0 Å². The van der Waals surface area contributed by atoms with Crippen molar-refractivity contribution in [3.05, 3.63) is 28.8 Å². The summed E-state index contributed by atoms with van der Waals surface area (Å²) in [6.45, 7) is 11.1. The van der Waals surface area contributed by atoms with E-state index < -0.39 is 0 Å². The van der Waals surface area contributed by atoms with Crippen molar-refractivity contribution in [2.24, 2.45) is 11.8 Å². The third-order valence-corrected chi connectivity index (χ3v) is 4.69. The van der Waals surface area contributed by atoms with Crippen molar-refractivity contribution in [3.8, 4) is 5.75 Å². The van der Waals surface area contributed by atoms with E-state index in [0.29, 0.717) is 5.92 Å². The van der Waals surface area contributed by atoms with E-state index in [1.165, 1.54) is 29.5 Å². The van der Waals surface area contributed by atoms with Gasteiger partial charge < -0.3 is 10.1 Å². The van der Waals surface area contributed by atoms with Crippen LogP contribution in [0.2, 0.25) is 0 Å². The molecule has 0 aromatic heterocycles. The maximum Gasteiger partial charge on any atom is 0.125 e. The van der Waals surface area contributed by atoms with Crippen LogP contribution in [0.3, 0.4) is 0 Å². The highest BCUT2D eigenvalue weighted by atomic mass is 16.5. The Bertz CT molecular complexity index is 453. The third kappa shape index (κ3) is 3.17. The highest BCUT2D eigenvalue weighted by Crippen LogP contribution is 2.46. The number of nitrogens with one attached hydrogen (secondary N) is 1. The van der Waals surface area contributed by atoms with Crippen LogP contribution >= 0.6 is 0 Å². The average molecular weight is 275 g/mol. The molecule has 1 aromatic carbocycles. The Labute approximate surface area is 123 Å². The molecule has 112 valence electrons. The zero-order chi connectivity index (χ0) is 14.7. The molecule has 20 heavy (non-hydrogen) atoms. The van der Waals surface area contributed by atoms with Gasteiger partial charge in [-0.25, -0.2) is 0 Å². The Kier molecular flexibility index (Phi) is 5.09. The van der Waals surface area contributed by atoms with E-state index in [9.17, 15) is 0 Å². The van der Waals surface area contributed by atoms with Crippen molar-refractivity contribution in [2.45, 2.75) is 46.5 Å². The molecular formula is C18H29NO. The molecule has 0 bridgehead atoms. The highest BCUT2D eigenvalue weighted by molar-refractivity contribution is 5.47. The first kappa shape index (κ1) is 15.4. The van der Waals surface area contributed by atoms with Crippen LogP contribution in [0.15, 0.2) is 12.1 Å². The van der Waals surface area contributed by atoms with E-state index in [1.54, 1.807) is 7.11 Å². The van der Waals surface area contributed by atoms with Gasteiger partial charge in [0.2, 0.25) is 0 Å². The van der Waals surface area contributed by atoms with Gasteiger partial charge in [-0.3, -0.25) is 0 Å². The van der Waals surface area contributed by atoms with Crippen molar-refractivity contribution in [2.75, 3.05) is 20.2 Å². The summed E-state index contributed by atoms with van der Waals surface area (Å²) in [7, 11) is 1.80.